The van der Waals surface area contributed by atoms with Gasteiger partial charge >= 0.3 is 5.97 Å². The molecule has 130 valence electrons. The van der Waals surface area contributed by atoms with Gasteiger partial charge in [0.05, 0.1) is 28.2 Å². The molecule has 0 spiro atoms. The van der Waals surface area contributed by atoms with Crippen molar-refractivity contribution in [2.75, 3.05) is 0 Å². The van der Waals surface area contributed by atoms with Crippen LogP contribution in [-0.4, -0.2) is 25.6 Å². The Hall–Kier alpha value is -3.42. The molecule has 0 unspecified atom stereocenters. The topological polar surface area (TPSA) is 101 Å². The van der Waals surface area contributed by atoms with E-state index in [0.29, 0.717) is 22.4 Å². The van der Waals surface area contributed by atoms with Crippen molar-refractivity contribution in [1.29, 1.82) is 0 Å². The molecular weight excluding hydrogens is 341 g/mol. The van der Waals surface area contributed by atoms with E-state index in [0.717, 1.165) is 18.9 Å². The van der Waals surface area contributed by atoms with Gasteiger partial charge in [0.2, 0.25) is 5.43 Å². The highest BCUT2D eigenvalue weighted by Crippen LogP contribution is 2.39. The van der Waals surface area contributed by atoms with Gasteiger partial charge < -0.3 is 19.1 Å². The fraction of sp³-hybridized carbons (Fsp3) is 0.167. The standard InChI is InChI=1S/C18H12FN3O4/c19-12-5-10-15(14-13(12)20-17(21-14)8-3-4-26-7-8)22(9-1-2-9)6-11(16(10)23)18(24)25/h3-7,9H,1-2H2,(H,20,21)(H,24,25). The van der Waals surface area contributed by atoms with Crippen LogP contribution in [0, 0.1) is 5.82 Å². The molecule has 1 aliphatic rings. The molecule has 26 heavy (non-hydrogen) atoms. The number of rotatable bonds is 3. The lowest BCUT2D eigenvalue weighted by Crippen LogP contribution is -2.19. The molecule has 0 aliphatic heterocycles. The number of aromatic amines is 1. The molecular formula is C18H12FN3O4. The number of carbonyl (C=O) groups is 1. The number of hydrogen-bond donors (Lipinski definition) is 2. The second kappa shape index (κ2) is 5.04. The van der Waals surface area contributed by atoms with E-state index in [1.165, 1.54) is 18.7 Å². The van der Waals surface area contributed by atoms with Crippen LogP contribution in [0.2, 0.25) is 0 Å². The Morgan fingerprint density at radius 1 is 1.42 bits per heavy atom. The molecule has 7 nitrogen and oxygen atoms in total. The first kappa shape index (κ1) is 14.9. The number of carboxylic acid groups (broad SMARTS) is 1. The van der Waals surface area contributed by atoms with Crippen LogP contribution in [0.15, 0.2) is 40.1 Å². The number of carboxylic acids is 1. The van der Waals surface area contributed by atoms with Gasteiger partial charge in [0.15, 0.2) is 5.82 Å². The van der Waals surface area contributed by atoms with Gasteiger partial charge in [-0.2, -0.15) is 0 Å². The van der Waals surface area contributed by atoms with Crippen LogP contribution in [0.25, 0.3) is 33.3 Å². The summed E-state index contributed by atoms with van der Waals surface area (Å²) in [7, 11) is 0. The van der Waals surface area contributed by atoms with E-state index in [9.17, 15) is 19.1 Å². The second-order valence-corrected chi connectivity index (χ2v) is 6.39. The highest BCUT2D eigenvalue weighted by atomic mass is 19.1. The van der Waals surface area contributed by atoms with Gasteiger partial charge in [0, 0.05) is 12.2 Å². The fourth-order valence-electron chi connectivity index (χ4n) is 3.29. The Morgan fingerprint density at radius 2 is 2.23 bits per heavy atom. The van der Waals surface area contributed by atoms with E-state index in [4.69, 9.17) is 4.42 Å². The third-order valence-corrected chi connectivity index (χ3v) is 4.67. The average Bonchev–Trinajstić information content (AvgIpc) is 3.12. The third kappa shape index (κ3) is 2.01. The van der Waals surface area contributed by atoms with Crippen LogP contribution in [0.1, 0.15) is 29.2 Å². The van der Waals surface area contributed by atoms with E-state index in [1.807, 2.05) is 0 Å². The minimum Gasteiger partial charge on any atom is -0.477 e. The number of imidazole rings is 1. The maximum absolute atomic E-state index is 14.6. The number of halogens is 1. The van der Waals surface area contributed by atoms with Crippen molar-refractivity contribution in [3.63, 3.8) is 0 Å². The van der Waals surface area contributed by atoms with Crippen molar-refractivity contribution in [3.05, 3.63) is 52.5 Å². The van der Waals surface area contributed by atoms with Crippen molar-refractivity contribution < 1.29 is 18.7 Å². The Balaban J connectivity index is 1.94. The minimum atomic E-state index is -1.32. The lowest BCUT2D eigenvalue weighted by Gasteiger charge is -2.12. The molecule has 4 aromatic rings. The van der Waals surface area contributed by atoms with Crippen molar-refractivity contribution in [3.8, 4) is 11.4 Å². The van der Waals surface area contributed by atoms with Crippen LogP contribution in [0.3, 0.4) is 0 Å². The smallest absolute Gasteiger partial charge is 0.341 e. The summed E-state index contributed by atoms with van der Waals surface area (Å²) in [5.41, 5.74) is 0.530. The predicted molar refractivity (Wildman–Crippen MR) is 90.8 cm³/mol. The maximum atomic E-state index is 14.6. The van der Waals surface area contributed by atoms with Gasteiger partial charge in [0.1, 0.15) is 23.2 Å². The maximum Gasteiger partial charge on any atom is 0.341 e. The molecule has 2 N–H and O–H groups in total. The molecule has 0 amide bonds. The summed E-state index contributed by atoms with van der Waals surface area (Å²) >= 11 is 0. The van der Waals surface area contributed by atoms with Crippen LogP contribution in [0.4, 0.5) is 4.39 Å². The minimum absolute atomic E-state index is 0.0317. The van der Waals surface area contributed by atoms with E-state index in [2.05, 4.69) is 9.97 Å². The summed E-state index contributed by atoms with van der Waals surface area (Å²) in [4.78, 5) is 31.4. The normalized spacial score (nSPS) is 14.3. The molecule has 0 atom stereocenters. The molecule has 8 heteroatoms. The molecule has 0 saturated heterocycles. The number of fused-ring (bicyclic) bond motifs is 3. The number of nitrogens with zero attached hydrogens (tertiary/aromatic N) is 2. The molecule has 1 aliphatic carbocycles. The zero-order chi connectivity index (χ0) is 18.0. The first-order valence-electron chi connectivity index (χ1n) is 8.07. The third-order valence-electron chi connectivity index (χ3n) is 4.67. The van der Waals surface area contributed by atoms with Crippen molar-refractivity contribution in [2.45, 2.75) is 18.9 Å². The number of aromatic carboxylic acids is 1. The summed E-state index contributed by atoms with van der Waals surface area (Å²) in [6.07, 6.45) is 6.06. The zero-order valence-electron chi connectivity index (χ0n) is 13.3. The Kier molecular flexibility index (Phi) is 2.89. The molecule has 3 aromatic heterocycles. The number of pyridine rings is 1. The van der Waals surface area contributed by atoms with Crippen LogP contribution in [0.5, 0.6) is 0 Å². The summed E-state index contributed by atoms with van der Waals surface area (Å²) in [5.74, 6) is -1.59. The highest BCUT2D eigenvalue weighted by molar-refractivity contribution is 6.05. The van der Waals surface area contributed by atoms with E-state index in [1.54, 1.807) is 10.6 Å². The monoisotopic (exact) mass is 353 g/mol. The molecule has 3 heterocycles. The Bertz CT molecular complexity index is 1250. The predicted octanol–water partition coefficient (Wildman–Crippen LogP) is 3.31. The number of hydrogen-bond acceptors (Lipinski definition) is 4. The highest BCUT2D eigenvalue weighted by Gasteiger charge is 2.29. The van der Waals surface area contributed by atoms with Gasteiger partial charge in [-0.1, -0.05) is 0 Å². The van der Waals surface area contributed by atoms with Crippen molar-refractivity contribution >= 4 is 27.9 Å². The van der Waals surface area contributed by atoms with Gasteiger partial charge in [-0.25, -0.2) is 14.2 Å². The summed E-state index contributed by atoms with van der Waals surface area (Å²) in [6, 6.07) is 2.85. The largest absolute Gasteiger partial charge is 0.477 e. The lowest BCUT2D eigenvalue weighted by atomic mass is 10.1. The van der Waals surface area contributed by atoms with Gasteiger partial charge in [-0.05, 0) is 25.0 Å². The molecule has 1 saturated carbocycles. The molecule has 5 rings (SSSR count). The number of nitrogens with one attached hydrogen (secondary N) is 1. The summed E-state index contributed by atoms with van der Waals surface area (Å²) in [5, 5.41) is 9.36. The fourth-order valence-corrected chi connectivity index (χ4v) is 3.29. The molecule has 0 bridgehead atoms. The average molecular weight is 353 g/mol. The zero-order valence-corrected chi connectivity index (χ0v) is 13.3. The summed E-state index contributed by atoms with van der Waals surface area (Å²) < 4.78 is 21.4. The molecule has 1 aromatic carbocycles. The van der Waals surface area contributed by atoms with Gasteiger partial charge in [0.25, 0.3) is 0 Å². The van der Waals surface area contributed by atoms with Crippen molar-refractivity contribution in [1.82, 2.24) is 14.5 Å². The number of furan rings is 1. The van der Waals surface area contributed by atoms with Gasteiger partial charge in [-0.3, -0.25) is 4.79 Å². The van der Waals surface area contributed by atoms with E-state index < -0.39 is 17.2 Å². The van der Waals surface area contributed by atoms with Crippen LogP contribution < -0.4 is 5.43 Å². The molecule has 0 radical (unpaired) electrons. The van der Waals surface area contributed by atoms with Crippen molar-refractivity contribution in [2.24, 2.45) is 0 Å². The number of H-pyrrole nitrogens is 1. The SMILES string of the molecule is O=C(O)c1cn(C2CC2)c2c(cc(F)c3nc(-c4ccoc4)[nH]c32)c1=O. The number of benzene rings is 1. The van der Waals surface area contributed by atoms with Crippen LogP contribution >= 0.6 is 0 Å². The lowest BCUT2D eigenvalue weighted by molar-refractivity contribution is 0.0695. The van der Waals surface area contributed by atoms with Gasteiger partial charge in [-0.15, -0.1) is 0 Å². The Morgan fingerprint density at radius 3 is 2.88 bits per heavy atom. The first-order chi connectivity index (χ1) is 12.5. The second-order valence-electron chi connectivity index (χ2n) is 6.39. The number of aromatic nitrogens is 3. The Labute approximate surface area is 144 Å². The van der Waals surface area contributed by atoms with E-state index in [-0.39, 0.29) is 22.5 Å². The molecule has 1 fully saturated rings. The van der Waals surface area contributed by atoms with E-state index >= 15 is 0 Å². The quantitative estimate of drug-likeness (QED) is 0.588. The summed E-state index contributed by atoms with van der Waals surface area (Å²) in [6.45, 7) is 0. The first-order valence-corrected chi connectivity index (χ1v) is 8.07. The van der Waals surface area contributed by atoms with Crippen LogP contribution in [-0.2, 0) is 0 Å².